The fraction of sp³-hybridized carbons (Fsp3) is 0.417. The van der Waals surface area contributed by atoms with Gasteiger partial charge in [-0.1, -0.05) is 6.07 Å². The fourth-order valence-electron chi connectivity index (χ4n) is 1.90. The number of nitriles is 1. The van der Waals surface area contributed by atoms with Crippen molar-refractivity contribution >= 4 is 40.1 Å². The molecule has 0 aromatic carbocycles. The molecule has 108 valence electrons. The molecule has 2 N–H and O–H groups in total. The summed E-state index contributed by atoms with van der Waals surface area (Å²) in [7, 11) is 0. The normalized spacial score (nSPS) is 20.9. The number of pyridine rings is 1. The highest BCUT2D eigenvalue weighted by atomic mass is 79.9. The van der Waals surface area contributed by atoms with Crippen molar-refractivity contribution in [1.82, 2.24) is 10.3 Å². The average molecular weight is 364 g/mol. The van der Waals surface area contributed by atoms with E-state index in [0.29, 0.717) is 16.0 Å². The number of nitrogens with one attached hydrogen (secondary N) is 2. The van der Waals surface area contributed by atoms with Crippen LogP contribution in [-0.2, 0) is 11.2 Å². The molecule has 5 nitrogen and oxygen atoms in total. The van der Waals surface area contributed by atoms with Gasteiger partial charge in [-0.25, -0.2) is 9.37 Å². The van der Waals surface area contributed by atoms with Crippen molar-refractivity contribution in [3.63, 3.8) is 0 Å². The van der Waals surface area contributed by atoms with Gasteiger partial charge in [-0.05, 0) is 22.0 Å². The quantitative estimate of drug-likeness (QED) is 0.805. The number of anilines is 1. The van der Waals surface area contributed by atoms with Gasteiger partial charge in [0.15, 0.2) is 0 Å². The van der Waals surface area contributed by atoms with Crippen molar-refractivity contribution in [1.29, 1.82) is 5.26 Å². The van der Waals surface area contributed by atoms with E-state index in [1.165, 1.54) is 0 Å². The summed E-state index contributed by atoms with van der Waals surface area (Å²) in [4.78, 5) is 16.1. The molecule has 1 fully saturated rings. The Balaban J connectivity index is 0.00000200. The second-order valence-electron chi connectivity index (χ2n) is 4.26. The van der Waals surface area contributed by atoms with Gasteiger partial charge >= 0.3 is 0 Å². The maximum atomic E-state index is 13.0. The van der Waals surface area contributed by atoms with Crippen molar-refractivity contribution in [2.75, 3.05) is 11.9 Å². The first-order valence-electron chi connectivity index (χ1n) is 5.81. The van der Waals surface area contributed by atoms with Gasteiger partial charge in [0, 0.05) is 18.5 Å². The summed E-state index contributed by atoms with van der Waals surface area (Å²) in [5.41, 5.74) is 0.633. The zero-order valence-corrected chi connectivity index (χ0v) is 12.8. The number of alkyl halides is 1. The van der Waals surface area contributed by atoms with E-state index in [9.17, 15) is 9.18 Å². The van der Waals surface area contributed by atoms with Gasteiger partial charge in [-0.15, -0.1) is 12.4 Å². The van der Waals surface area contributed by atoms with Gasteiger partial charge in [-0.2, -0.15) is 5.26 Å². The fourth-order valence-corrected chi connectivity index (χ4v) is 2.21. The highest BCUT2D eigenvalue weighted by molar-refractivity contribution is 9.10. The first kappa shape index (κ1) is 16.8. The molecule has 2 atom stereocenters. The van der Waals surface area contributed by atoms with Gasteiger partial charge in [0.05, 0.1) is 18.5 Å². The lowest BCUT2D eigenvalue weighted by molar-refractivity contribution is -0.117. The van der Waals surface area contributed by atoms with E-state index in [1.54, 1.807) is 12.1 Å². The summed E-state index contributed by atoms with van der Waals surface area (Å²) in [5, 5.41) is 14.2. The lowest BCUT2D eigenvalue weighted by atomic mass is 10.1. The molecule has 2 rings (SSSR count). The third-order valence-corrected chi connectivity index (χ3v) is 3.29. The molecule has 1 aliphatic rings. The minimum atomic E-state index is -0.996. The Morgan fingerprint density at radius 3 is 3.00 bits per heavy atom. The van der Waals surface area contributed by atoms with Crippen LogP contribution in [0.5, 0.6) is 0 Å². The van der Waals surface area contributed by atoms with E-state index in [-0.39, 0.29) is 37.7 Å². The molecule has 20 heavy (non-hydrogen) atoms. The van der Waals surface area contributed by atoms with Crippen LogP contribution in [-0.4, -0.2) is 29.6 Å². The van der Waals surface area contributed by atoms with E-state index in [4.69, 9.17) is 5.26 Å². The number of hydrogen-bond donors (Lipinski definition) is 2. The Bertz CT molecular complexity index is 537. The van der Waals surface area contributed by atoms with Crippen LogP contribution >= 0.6 is 28.3 Å². The van der Waals surface area contributed by atoms with Gasteiger partial charge in [0.2, 0.25) is 5.91 Å². The van der Waals surface area contributed by atoms with Crippen molar-refractivity contribution in [2.24, 2.45) is 0 Å². The van der Waals surface area contributed by atoms with Crippen LogP contribution in [0.25, 0.3) is 0 Å². The highest BCUT2D eigenvalue weighted by Crippen LogP contribution is 2.19. The summed E-state index contributed by atoms with van der Waals surface area (Å²) in [6.07, 6.45) is -0.683. The Morgan fingerprint density at radius 1 is 1.65 bits per heavy atom. The molecule has 2 heterocycles. The van der Waals surface area contributed by atoms with Crippen molar-refractivity contribution in [2.45, 2.75) is 25.1 Å². The second-order valence-corrected chi connectivity index (χ2v) is 5.07. The summed E-state index contributed by atoms with van der Waals surface area (Å²) in [6, 6.07) is 4.88. The average Bonchev–Trinajstić information content (AvgIpc) is 2.80. The number of rotatable bonds is 3. The maximum Gasteiger partial charge on any atom is 0.242 e. The van der Waals surface area contributed by atoms with Gasteiger partial charge in [0.25, 0.3) is 0 Å². The maximum absolute atomic E-state index is 13.0. The number of carbonyl (C=O) groups is 1. The predicted molar refractivity (Wildman–Crippen MR) is 78.4 cm³/mol. The van der Waals surface area contributed by atoms with Crippen LogP contribution in [0.3, 0.4) is 0 Å². The van der Waals surface area contributed by atoms with E-state index < -0.39 is 12.2 Å². The molecular formula is C12H13BrClFN4O. The Kier molecular flexibility index (Phi) is 6.33. The second kappa shape index (κ2) is 7.53. The summed E-state index contributed by atoms with van der Waals surface area (Å²) >= 11 is 3.21. The standard InChI is InChI=1S/C12H12BrFN4O.ClH/c13-10-2-1-7(3-4-15)11(17-10)18-12(19)9-5-8(14)6-16-9;/h1-2,8-9,16H,3,5-6H2,(H,17,18,19);1H. The van der Waals surface area contributed by atoms with Crippen molar-refractivity contribution in [3.8, 4) is 6.07 Å². The molecule has 2 unspecified atom stereocenters. The molecule has 0 saturated carbocycles. The molecule has 1 aromatic rings. The smallest absolute Gasteiger partial charge is 0.242 e. The molecule has 8 heteroatoms. The molecule has 1 saturated heterocycles. The third kappa shape index (κ3) is 4.13. The summed E-state index contributed by atoms with van der Waals surface area (Å²) < 4.78 is 13.6. The number of hydrogen-bond acceptors (Lipinski definition) is 4. The summed E-state index contributed by atoms with van der Waals surface area (Å²) in [5.74, 6) is 0.00923. The third-order valence-electron chi connectivity index (χ3n) is 2.85. The van der Waals surface area contributed by atoms with E-state index in [0.717, 1.165) is 0 Å². The topological polar surface area (TPSA) is 77.8 Å². The van der Waals surface area contributed by atoms with Crippen LogP contribution in [0.15, 0.2) is 16.7 Å². The van der Waals surface area contributed by atoms with E-state index in [1.807, 2.05) is 6.07 Å². The largest absolute Gasteiger partial charge is 0.309 e. The number of halogens is 3. The highest BCUT2D eigenvalue weighted by Gasteiger charge is 2.29. The number of amides is 1. The molecule has 0 bridgehead atoms. The van der Waals surface area contributed by atoms with Crippen LogP contribution < -0.4 is 10.6 Å². The van der Waals surface area contributed by atoms with Crippen LogP contribution in [0.4, 0.5) is 10.2 Å². The SMILES string of the molecule is Cl.N#CCc1ccc(Br)nc1NC(=O)C1CC(F)CN1. The number of aromatic nitrogens is 1. The van der Waals surface area contributed by atoms with E-state index >= 15 is 0 Å². The Hall–Kier alpha value is -1.23. The number of carbonyl (C=O) groups excluding carboxylic acids is 1. The molecule has 1 aromatic heterocycles. The Labute approximate surface area is 130 Å². The summed E-state index contributed by atoms with van der Waals surface area (Å²) in [6.45, 7) is 0.190. The molecule has 0 aliphatic carbocycles. The molecule has 0 spiro atoms. The van der Waals surface area contributed by atoms with Crippen molar-refractivity contribution < 1.29 is 9.18 Å². The molecule has 0 radical (unpaired) electrons. The minimum Gasteiger partial charge on any atom is -0.309 e. The zero-order valence-electron chi connectivity index (χ0n) is 10.4. The zero-order chi connectivity index (χ0) is 13.8. The monoisotopic (exact) mass is 362 g/mol. The first-order valence-corrected chi connectivity index (χ1v) is 6.60. The van der Waals surface area contributed by atoms with Crippen LogP contribution in [0.1, 0.15) is 12.0 Å². The lowest BCUT2D eigenvalue weighted by Crippen LogP contribution is -2.36. The van der Waals surface area contributed by atoms with Gasteiger partial charge < -0.3 is 10.6 Å². The molecule has 1 aliphatic heterocycles. The lowest BCUT2D eigenvalue weighted by Gasteiger charge is -2.12. The first-order chi connectivity index (χ1) is 9.10. The van der Waals surface area contributed by atoms with Crippen molar-refractivity contribution in [3.05, 3.63) is 22.3 Å². The Morgan fingerprint density at radius 2 is 2.40 bits per heavy atom. The van der Waals surface area contributed by atoms with Crippen LogP contribution in [0, 0.1) is 11.3 Å². The minimum absolute atomic E-state index is 0. The van der Waals surface area contributed by atoms with E-state index in [2.05, 4.69) is 31.5 Å². The van der Waals surface area contributed by atoms with Crippen LogP contribution in [0.2, 0.25) is 0 Å². The predicted octanol–water partition coefficient (Wildman–Crippen LogP) is 1.97. The van der Waals surface area contributed by atoms with Gasteiger partial charge in [-0.3, -0.25) is 4.79 Å². The van der Waals surface area contributed by atoms with Gasteiger partial charge in [0.1, 0.15) is 16.6 Å². The number of nitrogens with zero attached hydrogens (tertiary/aromatic N) is 2. The molecular weight excluding hydrogens is 351 g/mol. The molecule has 1 amide bonds.